The van der Waals surface area contributed by atoms with Gasteiger partial charge in [0.05, 0.1) is 6.04 Å². The lowest BCUT2D eigenvalue weighted by atomic mass is 10.0. The molecule has 0 aromatic heterocycles. The highest BCUT2D eigenvalue weighted by atomic mass is 15.2. The standard InChI is InChI=1S/C22H28N2/c1-7-24(15-22(16(2)3)23-17(4)5)18(6)20-14-10-12-19-11-8-9-13-21(19)20/h8-14,22-23H,2,4,6-7,15H2,1,3,5H3. The van der Waals surface area contributed by atoms with Crippen LogP contribution in [-0.4, -0.2) is 24.0 Å². The van der Waals surface area contributed by atoms with Crippen molar-refractivity contribution in [1.82, 2.24) is 10.2 Å². The van der Waals surface area contributed by atoms with Gasteiger partial charge in [-0.15, -0.1) is 0 Å². The zero-order valence-corrected chi connectivity index (χ0v) is 15.1. The Bertz CT molecular complexity index is 752. The molecule has 2 rings (SSSR count). The van der Waals surface area contributed by atoms with Gasteiger partial charge >= 0.3 is 0 Å². The maximum Gasteiger partial charge on any atom is 0.0640 e. The summed E-state index contributed by atoms with van der Waals surface area (Å²) in [6.07, 6.45) is 0. The highest BCUT2D eigenvalue weighted by Crippen LogP contribution is 2.26. The average Bonchev–Trinajstić information content (AvgIpc) is 2.57. The molecular weight excluding hydrogens is 292 g/mol. The number of fused-ring (bicyclic) bond motifs is 1. The van der Waals surface area contributed by atoms with Crippen LogP contribution in [0.15, 0.2) is 73.5 Å². The Labute approximate surface area is 146 Å². The Morgan fingerprint density at radius 2 is 1.71 bits per heavy atom. The molecule has 0 saturated carbocycles. The number of likely N-dealkylation sites (N-methyl/N-ethyl adjacent to an activating group) is 1. The molecule has 2 aromatic carbocycles. The van der Waals surface area contributed by atoms with E-state index in [1.165, 1.54) is 16.3 Å². The number of rotatable bonds is 8. The number of nitrogens with zero attached hydrogens (tertiary/aromatic N) is 1. The van der Waals surface area contributed by atoms with Crippen LogP contribution in [0, 0.1) is 0 Å². The Morgan fingerprint density at radius 1 is 1.04 bits per heavy atom. The van der Waals surface area contributed by atoms with Gasteiger partial charge in [0.15, 0.2) is 0 Å². The lowest BCUT2D eigenvalue weighted by Gasteiger charge is -2.31. The maximum atomic E-state index is 4.38. The van der Waals surface area contributed by atoms with Gasteiger partial charge in [0.1, 0.15) is 0 Å². The summed E-state index contributed by atoms with van der Waals surface area (Å²) < 4.78 is 0. The Morgan fingerprint density at radius 3 is 2.33 bits per heavy atom. The maximum absolute atomic E-state index is 4.38. The van der Waals surface area contributed by atoms with Crippen LogP contribution in [0.4, 0.5) is 0 Å². The third-order valence-electron chi connectivity index (χ3n) is 4.28. The summed E-state index contributed by atoms with van der Waals surface area (Å²) in [6, 6.07) is 15.0. The smallest absolute Gasteiger partial charge is 0.0640 e. The Balaban J connectivity index is 2.30. The summed E-state index contributed by atoms with van der Waals surface area (Å²) in [4.78, 5) is 2.30. The highest BCUT2D eigenvalue weighted by molar-refractivity contribution is 5.93. The van der Waals surface area contributed by atoms with Crippen LogP contribution in [0.3, 0.4) is 0 Å². The molecule has 0 aliphatic carbocycles. The summed E-state index contributed by atoms with van der Waals surface area (Å²) in [5.41, 5.74) is 4.28. The second kappa shape index (κ2) is 7.87. The van der Waals surface area contributed by atoms with Crippen LogP contribution in [-0.2, 0) is 0 Å². The summed E-state index contributed by atoms with van der Waals surface area (Å²) in [5.74, 6) is 0. The fourth-order valence-electron chi connectivity index (χ4n) is 2.92. The molecular formula is C22H28N2. The predicted molar refractivity (Wildman–Crippen MR) is 107 cm³/mol. The van der Waals surface area contributed by atoms with Gasteiger partial charge in [0, 0.05) is 30.0 Å². The molecule has 2 heteroatoms. The van der Waals surface area contributed by atoms with E-state index in [2.05, 4.69) is 86.3 Å². The van der Waals surface area contributed by atoms with Gasteiger partial charge in [-0.3, -0.25) is 0 Å². The van der Waals surface area contributed by atoms with E-state index in [-0.39, 0.29) is 6.04 Å². The first-order valence-electron chi connectivity index (χ1n) is 8.43. The van der Waals surface area contributed by atoms with Crippen molar-refractivity contribution in [2.24, 2.45) is 0 Å². The van der Waals surface area contributed by atoms with E-state index >= 15 is 0 Å². The van der Waals surface area contributed by atoms with Crippen molar-refractivity contribution in [3.05, 3.63) is 79.0 Å². The van der Waals surface area contributed by atoms with Gasteiger partial charge in [-0.05, 0) is 31.5 Å². The van der Waals surface area contributed by atoms with Gasteiger partial charge in [-0.25, -0.2) is 0 Å². The van der Waals surface area contributed by atoms with Crippen LogP contribution in [0.1, 0.15) is 26.3 Å². The second-order valence-electron chi connectivity index (χ2n) is 6.34. The SMILES string of the molecule is C=C(C)NC(CN(CC)C(=C)c1cccc2ccccc12)C(=C)C. The van der Waals surface area contributed by atoms with Crippen molar-refractivity contribution in [2.45, 2.75) is 26.8 Å². The fraction of sp³-hybridized carbons (Fsp3) is 0.273. The molecule has 1 atom stereocenters. The summed E-state index contributed by atoms with van der Waals surface area (Å²) >= 11 is 0. The molecule has 1 unspecified atom stereocenters. The quantitative estimate of drug-likeness (QED) is 0.672. The van der Waals surface area contributed by atoms with Crippen molar-refractivity contribution >= 4 is 16.5 Å². The lowest BCUT2D eigenvalue weighted by molar-refractivity contribution is 0.380. The number of nitrogens with one attached hydrogen (secondary N) is 1. The Kier molecular flexibility index (Phi) is 5.86. The van der Waals surface area contributed by atoms with E-state index in [9.17, 15) is 0 Å². The van der Waals surface area contributed by atoms with Gasteiger partial charge in [-0.2, -0.15) is 0 Å². The molecule has 2 nitrogen and oxygen atoms in total. The largest absolute Gasteiger partial charge is 0.381 e. The van der Waals surface area contributed by atoms with E-state index in [4.69, 9.17) is 0 Å². The topological polar surface area (TPSA) is 15.3 Å². The van der Waals surface area contributed by atoms with E-state index in [0.29, 0.717) is 0 Å². The first-order chi connectivity index (χ1) is 11.4. The monoisotopic (exact) mass is 320 g/mol. The Hall–Kier alpha value is -2.48. The molecule has 0 heterocycles. The van der Waals surface area contributed by atoms with Crippen LogP contribution in [0.25, 0.3) is 16.5 Å². The summed E-state index contributed by atoms with van der Waals surface area (Å²) in [5, 5.41) is 5.89. The van der Waals surface area contributed by atoms with Gasteiger partial charge in [-0.1, -0.05) is 67.8 Å². The van der Waals surface area contributed by atoms with E-state index in [0.717, 1.165) is 30.1 Å². The molecule has 24 heavy (non-hydrogen) atoms. The molecule has 0 saturated heterocycles. The second-order valence-corrected chi connectivity index (χ2v) is 6.34. The molecule has 0 radical (unpaired) electrons. The van der Waals surface area contributed by atoms with E-state index in [1.807, 2.05) is 6.92 Å². The number of hydrogen-bond acceptors (Lipinski definition) is 2. The average molecular weight is 320 g/mol. The first-order valence-corrected chi connectivity index (χ1v) is 8.43. The van der Waals surface area contributed by atoms with Crippen molar-refractivity contribution in [3.8, 4) is 0 Å². The molecule has 0 fully saturated rings. The van der Waals surface area contributed by atoms with Crippen molar-refractivity contribution in [2.75, 3.05) is 13.1 Å². The molecule has 2 aromatic rings. The first kappa shape index (κ1) is 17.9. The normalized spacial score (nSPS) is 11.8. The van der Waals surface area contributed by atoms with Crippen LogP contribution < -0.4 is 5.32 Å². The third-order valence-corrected chi connectivity index (χ3v) is 4.28. The van der Waals surface area contributed by atoms with Gasteiger partial charge < -0.3 is 10.2 Å². The minimum Gasteiger partial charge on any atom is -0.381 e. The minimum atomic E-state index is 0.161. The van der Waals surface area contributed by atoms with Gasteiger partial charge in [0.25, 0.3) is 0 Å². The number of allylic oxidation sites excluding steroid dienone is 1. The van der Waals surface area contributed by atoms with E-state index in [1.54, 1.807) is 0 Å². The third kappa shape index (κ3) is 4.08. The highest BCUT2D eigenvalue weighted by Gasteiger charge is 2.17. The fourth-order valence-corrected chi connectivity index (χ4v) is 2.92. The summed E-state index contributed by atoms with van der Waals surface area (Å²) in [6.45, 7) is 20.4. The number of hydrogen-bond donors (Lipinski definition) is 1. The van der Waals surface area contributed by atoms with Crippen LogP contribution in [0.2, 0.25) is 0 Å². The van der Waals surface area contributed by atoms with Crippen LogP contribution >= 0.6 is 0 Å². The van der Waals surface area contributed by atoms with E-state index < -0.39 is 0 Å². The van der Waals surface area contributed by atoms with Gasteiger partial charge in [0.2, 0.25) is 0 Å². The van der Waals surface area contributed by atoms with Crippen molar-refractivity contribution < 1.29 is 0 Å². The molecule has 1 N–H and O–H groups in total. The van der Waals surface area contributed by atoms with Crippen molar-refractivity contribution in [3.63, 3.8) is 0 Å². The molecule has 0 aliphatic heterocycles. The van der Waals surface area contributed by atoms with Crippen LogP contribution in [0.5, 0.6) is 0 Å². The van der Waals surface area contributed by atoms with Crippen molar-refractivity contribution in [1.29, 1.82) is 0 Å². The molecule has 0 aliphatic rings. The minimum absolute atomic E-state index is 0.161. The molecule has 126 valence electrons. The zero-order chi connectivity index (χ0) is 17.7. The zero-order valence-electron chi connectivity index (χ0n) is 15.1. The summed E-state index contributed by atoms with van der Waals surface area (Å²) in [7, 11) is 0. The molecule has 0 bridgehead atoms. The molecule has 0 spiro atoms. The number of benzene rings is 2. The predicted octanol–water partition coefficient (Wildman–Crippen LogP) is 5.20. The molecule has 0 amide bonds. The lowest BCUT2D eigenvalue weighted by Crippen LogP contribution is -2.40.